The van der Waals surface area contributed by atoms with Gasteiger partial charge in [0.05, 0.1) is 0 Å². The van der Waals surface area contributed by atoms with Crippen molar-refractivity contribution < 1.29 is 14.8 Å². The van der Waals surface area contributed by atoms with E-state index in [4.69, 9.17) is 5.21 Å². The van der Waals surface area contributed by atoms with E-state index in [2.05, 4.69) is 50.1 Å². The third kappa shape index (κ3) is 7.75. The van der Waals surface area contributed by atoms with Gasteiger partial charge in [-0.2, -0.15) is 0 Å². The largest absolute Gasteiger partial charge is 0.370 e. The molecule has 1 aromatic carbocycles. The first-order chi connectivity index (χ1) is 12.4. The van der Waals surface area contributed by atoms with Gasteiger partial charge in [0.15, 0.2) is 5.78 Å². The smallest absolute Gasteiger partial charge is 0.267 e. The van der Waals surface area contributed by atoms with Crippen molar-refractivity contribution in [1.29, 1.82) is 0 Å². The summed E-state index contributed by atoms with van der Waals surface area (Å²) >= 11 is 4.74. The number of allylic oxidation sites excluding steroid dienone is 3. The van der Waals surface area contributed by atoms with Crippen molar-refractivity contribution in [3.05, 3.63) is 53.6 Å². The fourth-order valence-corrected chi connectivity index (χ4v) is 3.61. The minimum absolute atomic E-state index is 0.0326. The maximum atomic E-state index is 12.6. The molecule has 1 rings (SSSR count). The third-order valence-electron chi connectivity index (χ3n) is 3.76. The molecular weight excluding hydrogens is 558 g/mol. The summed E-state index contributed by atoms with van der Waals surface area (Å²) in [4.78, 5) is 25.9. The molecule has 0 aliphatic rings. The van der Waals surface area contributed by atoms with E-state index in [-0.39, 0.29) is 11.7 Å². The average molecular weight is 582 g/mol. The standard InChI is InChI=1S/C19H24I2N2O3/c1-14(3-8-18(24)22-26)13-15(2)19(25)16-4-6-17(7-5-16)23(11-9-20)12-10-21/h3-8,13,15,26H,9-12H2,1-2H3,(H,22,24)/b8-3+,14-13+/t15-/m1/s1. The molecule has 1 atom stereocenters. The number of carbonyl (C=O) groups is 2. The van der Waals surface area contributed by atoms with Crippen LogP contribution < -0.4 is 10.4 Å². The van der Waals surface area contributed by atoms with E-state index in [9.17, 15) is 9.59 Å². The van der Waals surface area contributed by atoms with Crippen LogP contribution >= 0.6 is 45.2 Å². The van der Waals surface area contributed by atoms with Crippen LogP contribution in [0.3, 0.4) is 0 Å². The summed E-state index contributed by atoms with van der Waals surface area (Å²) in [5.74, 6) is -0.873. The topological polar surface area (TPSA) is 69.6 Å². The van der Waals surface area contributed by atoms with Crippen molar-refractivity contribution in [2.24, 2.45) is 5.92 Å². The first kappa shape index (κ1) is 23.1. The van der Waals surface area contributed by atoms with Crippen LogP contribution in [0.2, 0.25) is 0 Å². The van der Waals surface area contributed by atoms with Crippen LogP contribution in [-0.2, 0) is 4.79 Å². The maximum Gasteiger partial charge on any atom is 0.267 e. The summed E-state index contributed by atoms with van der Waals surface area (Å²) in [6.07, 6.45) is 4.58. The number of anilines is 1. The third-order valence-corrected chi connectivity index (χ3v) is 4.72. The van der Waals surface area contributed by atoms with E-state index in [1.54, 1.807) is 19.1 Å². The monoisotopic (exact) mass is 582 g/mol. The van der Waals surface area contributed by atoms with E-state index in [1.165, 1.54) is 11.6 Å². The van der Waals surface area contributed by atoms with E-state index in [0.717, 1.165) is 33.2 Å². The van der Waals surface area contributed by atoms with Gasteiger partial charge >= 0.3 is 0 Å². The summed E-state index contributed by atoms with van der Waals surface area (Å²) in [6.45, 7) is 5.62. The minimum Gasteiger partial charge on any atom is -0.370 e. The maximum absolute atomic E-state index is 12.6. The Morgan fingerprint density at radius 3 is 2.23 bits per heavy atom. The molecule has 1 aromatic rings. The quantitative estimate of drug-likeness (QED) is 0.0827. The van der Waals surface area contributed by atoms with Crippen molar-refractivity contribution >= 4 is 62.6 Å². The van der Waals surface area contributed by atoms with E-state index in [0.29, 0.717) is 5.56 Å². The fourth-order valence-electron chi connectivity index (χ4n) is 2.44. The van der Waals surface area contributed by atoms with Gasteiger partial charge in [0, 0.05) is 45.2 Å². The van der Waals surface area contributed by atoms with Crippen molar-refractivity contribution in [2.45, 2.75) is 13.8 Å². The van der Waals surface area contributed by atoms with Gasteiger partial charge in [-0.1, -0.05) is 69.8 Å². The second kappa shape index (κ2) is 12.4. The van der Waals surface area contributed by atoms with Crippen molar-refractivity contribution in [3.63, 3.8) is 0 Å². The summed E-state index contributed by atoms with van der Waals surface area (Å²) < 4.78 is 2.11. The van der Waals surface area contributed by atoms with Gasteiger partial charge in [-0.15, -0.1) is 0 Å². The first-order valence-electron chi connectivity index (χ1n) is 8.24. The number of amides is 1. The van der Waals surface area contributed by atoms with Gasteiger partial charge in [0.1, 0.15) is 0 Å². The van der Waals surface area contributed by atoms with Gasteiger partial charge in [0.25, 0.3) is 5.91 Å². The molecule has 0 radical (unpaired) electrons. The lowest BCUT2D eigenvalue weighted by molar-refractivity contribution is -0.124. The molecule has 0 saturated heterocycles. The van der Waals surface area contributed by atoms with Crippen molar-refractivity contribution in [1.82, 2.24) is 5.48 Å². The number of benzene rings is 1. The molecule has 7 heteroatoms. The fraction of sp³-hybridized carbons (Fsp3) is 0.368. The molecule has 0 bridgehead atoms. The molecule has 0 saturated carbocycles. The second-order valence-electron chi connectivity index (χ2n) is 5.78. The number of halogens is 2. The molecular formula is C19H24I2N2O3. The zero-order valence-corrected chi connectivity index (χ0v) is 19.2. The Bertz CT molecular complexity index is 651. The number of alkyl halides is 2. The molecule has 0 unspecified atom stereocenters. The average Bonchev–Trinajstić information content (AvgIpc) is 2.65. The number of hydrogen-bond donors (Lipinski definition) is 2. The molecule has 0 aliphatic heterocycles. The highest BCUT2D eigenvalue weighted by atomic mass is 127. The highest BCUT2D eigenvalue weighted by Gasteiger charge is 2.14. The highest BCUT2D eigenvalue weighted by Crippen LogP contribution is 2.19. The molecule has 0 aliphatic carbocycles. The Hall–Kier alpha value is -0.940. The van der Waals surface area contributed by atoms with E-state index < -0.39 is 5.91 Å². The van der Waals surface area contributed by atoms with Gasteiger partial charge in [-0.25, -0.2) is 5.48 Å². The highest BCUT2D eigenvalue weighted by molar-refractivity contribution is 14.1. The van der Waals surface area contributed by atoms with Crippen LogP contribution in [0, 0.1) is 5.92 Å². The molecule has 26 heavy (non-hydrogen) atoms. The predicted octanol–water partition coefficient (Wildman–Crippen LogP) is 4.19. The van der Waals surface area contributed by atoms with Gasteiger partial charge < -0.3 is 4.90 Å². The molecule has 142 valence electrons. The first-order valence-corrected chi connectivity index (χ1v) is 11.3. The molecule has 2 N–H and O–H groups in total. The summed E-state index contributed by atoms with van der Waals surface area (Å²) in [5, 5.41) is 8.47. The number of nitrogens with zero attached hydrogens (tertiary/aromatic N) is 1. The predicted molar refractivity (Wildman–Crippen MR) is 123 cm³/mol. The zero-order chi connectivity index (χ0) is 19.5. The number of hydroxylamine groups is 1. The van der Waals surface area contributed by atoms with Crippen LogP contribution in [0.5, 0.6) is 0 Å². The number of Topliss-reactive ketones (excluding diaryl/α,β-unsaturated/α-hetero) is 1. The Balaban J connectivity index is 2.83. The number of ketones is 1. The van der Waals surface area contributed by atoms with Crippen LogP contribution in [-0.4, -0.2) is 38.8 Å². The molecule has 0 aromatic heterocycles. The van der Waals surface area contributed by atoms with E-state index in [1.807, 2.05) is 31.2 Å². The van der Waals surface area contributed by atoms with E-state index >= 15 is 0 Å². The Morgan fingerprint density at radius 2 is 1.73 bits per heavy atom. The van der Waals surface area contributed by atoms with Crippen LogP contribution in [0.1, 0.15) is 24.2 Å². The van der Waals surface area contributed by atoms with Gasteiger partial charge in [-0.3, -0.25) is 14.8 Å². The molecule has 5 nitrogen and oxygen atoms in total. The summed E-state index contributed by atoms with van der Waals surface area (Å²) in [7, 11) is 0. The van der Waals surface area contributed by atoms with Crippen LogP contribution in [0.15, 0.2) is 48.1 Å². The normalized spacial score (nSPS) is 12.9. The Kier molecular flexibility index (Phi) is 11.1. The summed E-state index contributed by atoms with van der Waals surface area (Å²) in [5.41, 5.74) is 4.11. The Morgan fingerprint density at radius 1 is 1.15 bits per heavy atom. The molecule has 0 fully saturated rings. The Labute approximate surface area is 182 Å². The second-order valence-corrected chi connectivity index (χ2v) is 7.94. The number of nitrogens with one attached hydrogen (secondary N) is 1. The van der Waals surface area contributed by atoms with Crippen LogP contribution in [0.25, 0.3) is 0 Å². The lowest BCUT2D eigenvalue weighted by Crippen LogP contribution is -2.27. The lowest BCUT2D eigenvalue weighted by atomic mass is 9.97. The van der Waals surface area contributed by atoms with Gasteiger partial charge in [0.2, 0.25) is 0 Å². The number of rotatable bonds is 10. The van der Waals surface area contributed by atoms with Crippen LogP contribution in [0.4, 0.5) is 5.69 Å². The van der Waals surface area contributed by atoms with Gasteiger partial charge in [-0.05, 0) is 31.2 Å². The lowest BCUT2D eigenvalue weighted by Gasteiger charge is -2.23. The number of carbonyl (C=O) groups excluding carboxylic acids is 2. The molecule has 0 heterocycles. The summed E-state index contributed by atoms with van der Waals surface area (Å²) in [6, 6.07) is 7.75. The zero-order valence-electron chi connectivity index (χ0n) is 14.9. The number of hydrogen-bond acceptors (Lipinski definition) is 4. The molecule has 1 amide bonds. The minimum atomic E-state index is -0.602. The van der Waals surface area contributed by atoms with Crippen molar-refractivity contribution in [3.8, 4) is 0 Å². The van der Waals surface area contributed by atoms with Crippen molar-refractivity contribution in [2.75, 3.05) is 26.8 Å². The SMILES string of the molecule is CC(/C=C/C(=O)NO)=C\[C@@H](C)C(=O)c1ccc(N(CCI)CCI)cc1. The molecule has 0 spiro atoms.